The average molecular weight is 521 g/mol. The van der Waals surface area contributed by atoms with Crippen molar-refractivity contribution >= 4 is 23.5 Å². The van der Waals surface area contributed by atoms with Gasteiger partial charge in [0.05, 0.1) is 20.3 Å². The van der Waals surface area contributed by atoms with Crippen molar-refractivity contribution < 1.29 is 53.8 Å². The molecule has 11 heteroatoms. The molecule has 0 aliphatic heterocycles. The Balaban J connectivity index is 2.23. The lowest BCUT2D eigenvalue weighted by molar-refractivity contribution is -0.239. The summed E-state index contributed by atoms with van der Waals surface area (Å²) in [7, 11) is 2.14. The van der Waals surface area contributed by atoms with Crippen LogP contribution < -0.4 is 0 Å². The molecule has 11 nitrogen and oxygen atoms in total. The van der Waals surface area contributed by atoms with E-state index in [2.05, 4.69) is 4.74 Å². The average Bonchev–Trinajstić information content (AvgIpc) is 2.86. The molecule has 0 radical (unpaired) electrons. The quantitative estimate of drug-likeness (QED) is 0.125. The number of methoxy groups -OCH3 is 2. The van der Waals surface area contributed by atoms with E-state index in [9.17, 15) is 39.6 Å². The van der Waals surface area contributed by atoms with Gasteiger partial charge in [0.2, 0.25) is 0 Å². The monoisotopic (exact) mass is 520 g/mol. The molecule has 0 aromatic rings. The van der Waals surface area contributed by atoms with E-state index in [0.29, 0.717) is 0 Å². The lowest BCUT2D eigenvalue weighted by atomic mass is 9.45. The van der Waals surface area contributed by atoms with Crippen molar-refractivity contribution in [2.45, 2.75) is 63.1 Å². The number of allylic oxidation sites excluding steroid dienone is 4. The van der Waals surface area contributed by atoms with Crippen molar-refractivity contribution in [1.29, 1.82) is 0 Å². The summed E-state index contributed by atoms with van der Waals surface area (Å²) in [5.41, 5.74) is -7.25. The molecular formula is C26H32O11. The summed E-state index contributed by atoms with van der Waals surface area (Å²) in [6.45, 7) is 4.03. The van der Waals surface area contributed by atoms with E-state index in [1.54, 1.807) is 19.1 Å². The Labute approximate surface area is 213 Å². The summed E-state index contributed by atoms with van der Waals surface area (Å²) in [4.78, 5) is 52.9. The first-order valence-corrected chi connectivity index (χ1v) is 11.7. The minimum atomic E-state index is -2.41. The highest BCUT2D eigenvalue weighted by atomic mass is 16.6. The van der Waals surface area contributed by atoms with Gasteiger partial charge < -0.3 is 34.6 Å². The molecule has 202 valence electrons. The Hall–Kier alpha value is -3.12. The summed E-state index contributed by atoms with van der Waals surface area (Å²) in [6.07, 6.45) is 1.70. The van der Waals surface area contributed by atoms with Gasteiger partial charge in [-0.3, -0.25) is 9.59 Å². The van der Waals surface area contributed by atoms with Crippen LogP contribution in [0.25, 0.3) is 0 Å². The second-order valence-corrected chi connectivity index (χ2v) is 9.72. The molecule has 4 aliphatic carbocycles. The predicted octanol–water partition coefficient (Wildman–Crippen LogP) is 0.382. The van der Waals surface area contributed by atoms with Crippen LogP contribution >= 0.6 is 0 Å². The van der Waals surface area contributed by atoms with Gasteiger partial charge in [-0.2, -0.15) is 0 Å². The van der Waals surface area contributed by atoms with Crippen molar-refractivity contribution in [2.75, 3.05) is 14.2 Å². The van der Waals surface area contributed by atoms with Crippen LogP contribution in [-0.4, -0.2) is 87.7 Å². The van der Waals surface area contributed by atoms with Crippen LogP contribution in [0, 0.1) is 11.3 Å². The third-order valence-corrected chi connectivity index (χ3v) is 7.60. The number of aliphatic hydroxyl groups is 4. The van der Waals surface area contributed by atoms with E-state index in [4.69, 9.17) is 9.47 Å². The van der Waals surface area contributed by atoms with Crippen LogP contribution in [0.3, 0.4) is 0 Å². The number of Topliss-reactive ketones (excluding diaryl/α,β-unsaturated/α-hetero) is 2. The molecule has 0 spiro atoms. The van der Waals surface area contributed by atoms with Crippen molar-refractivity contribution in [3.05, 3.63) is 47.3 Å². The van der Waals surface area contributed by atoms with Gasteiger partial charge in [0.25, 0.3) is 0 Å². The fraction of sp³-hybridized carbons (Fsp3) is 0.538. The highest BCUT2D eigenvalue weighted by Crippen LogP contribution is 2.60. The fourth-order valence-electron chi connectivity index (χ4n) is 5.49. The normalized spacial score (nSPS) is 39.2. The van der Waals surface area contributed by atoms with Crippen molar-refractivity contribution in [3.63, 3.8) is 0 Å². The van der Waals surface area contributed by atoms with Crippen LogP contribution in [0.4, 0.5) is 0 Å². The Morgan fingerprint density at radius 3 is 2.32 bits per heavy atom. The summed E-state index contributed by atoms with van der Waals surface area (Å²) in [5, 5.41) is 42.9. The standard InChI is InChI=1S/C26H32O11/c1-6-7-8-9-15(27)18-14-12-26(23(33)36-5,24(2,20(18)30)22(32)25(14,3)34)37-17-11-13(21(31)35-4)10-16(28)19(17)29/h6-9,11,14,16-17,19,27-29,34H,10,12H2,1-5H3/b7-6+,9-8+,18-15-/t14-,16+,17+,19-,24-,25+,26-/m0/s1. The number of ether oxygens (including phenoxy) is 3. The third-order valence-electron chi connectivity index (χ3n) is 7.60. The molecule has 0 saturated heterocycles. The van der Waals surface area contributed by atoms with Crippen molar-refractivity contribution in [3.8, 4) is 0 Å². The topological polar surface area (TPSA) is 177 Å². The zero-order valence-electron chi connectivity index (χ0n) is 21.3. The van der Waals surface area contributed by atoms with E-state index in [1.807, 2.05) is 0 Å². The second-order valence-electron chi connectivity index (χ2n) is 9.72. The van der Waals surface area contributed by atoms with Crippen LogP contribution in [0.15, 0.2) is 47.3 Å². The van der Waals surface area contributed by atoms with E-state index in [0.717, 1.165) is 27.2 Å². The van der Waals surface area contributed by atoms with E-state index in [1.165, 1.54) is 19.1 Å². The molecule has 0 heterocycles. The van der Waals surface area contributed by atoms with E-state index < -0.39 is 76.5 Å². The van der Waals surface area contributed by atoms with E-state index >= 15 is 0 Å². The number of ketones is 2. The highest BCUT2D eigenvalue weighted by molar-refractivity contribution is 6.24. The van der Waals surface area contributed by atoms with Gasteiger partial charge in [0.15, 0.2) is 17.2 Å². The minimum Gasteiger partial charge on any atom is -0.508 e. The predicted molar refractivity (Wildman–Crippen MR) is 127 cm³/mol. The molecule has 4 rings (SSSR count). The molecule has 0 aromatic carbocycles. The van der Waals surface area contributed by atoms with Gasteiger partial charge in [0.1, 0.15) is 29.0 Å². The zero-order valence-corrected chi connectivity index (χ0v) is 21.3. The lowest BCUT2D eigenvalue weighted by Crippen LogP contribution is -2.77. The molecule has 4 N–H and O–H groups in total. The summed E-state index contributed by atoms with van der Waals surface area (Å²) >= 11 is 0. The lowest BCUT2D eigenvalue weighted by Gasteiger charge is -2.59. The van der Waals surface area contributed by atoms with Gasteiger partial charge >= 0.3 is 11.9 Å². The maximum absolute atomic E-state index is 13.8. The molecule has 4 aliphatic rings. The van der Waals surface area contributed by atoms with Crippen LogP contribution in [0.2, 0.25) is 0 Å². The number of aliphatic hydroxyl groups excluding tert-OH is 3. The first kappa shape index (κ1) is 28.5. The van der Waals surface area contributed by atoms with Gasteiger partial charge in [-0.1, -0.05) is 18.2 Å². The molecule has 3 saturated carbocycles. The van der Waals surface area contributed by atoms with E-state index in [-0.39, 0.29) is 17.6 Å². The molecular weight excluding hydrogens is 488 g/mol. The first-order valence-electron chi connectivity index (χ1n) is 11.7. The fourth-order valence-corrected chi connectivity index (χ4v) is 5.49. The number of rotatable bonds is 6. The third kappa shape index (κ3) is 4.15. The number of hydrogen-bond acceptors (Lipinski definition) is 11. The summed E-state index contributed by atoms with van der Waals surface area (Å²) in [6, 6.07) is 0. The molecule has 0 aromatic heterocycles. The number of carbonyl (C=O) groups is 4. The van der Waals surface area contributed by atoms with Gasteiger partial charge in [0, 0.05) is 23.5 Å². The number of carbonyl (C=O) groups excluding carboxylic acids is 4. The highest BCUT2D eigenvalue weighted by Gasteiger charge is 2.78. The molecule has 0 amide bonds. The summed E-state index contributed by atoms with van der Waals surface area (Å²) < 4.78 is 15.6. The Morgan fingerprint density at radius 1 is 1.11 bits per heavy atom. The molecule has 2 bridgehead atoms. The molecule has 3 fully saturated rings. The molecule has 0 unspecified atom stereocenters. The Bertz CT molecular complexity index is 1130. The van der Waals surface area contributed by atoms with Crippen molar-refractivity contribution in [2.24, 2.45) is 11.3 Å². The first-order chi connectivity index (χ1) is 17.2. The number of esters is 2. The number of fused-ring (bicyclic) bond motifs is 3. The van der Waals surface area contributed by atoms with Crippen LogP contribution in [-0.2, 0) is 33.4 Å². The van der Waals surface area contributed by atoms with Crippen LogP contribution in [0.1, 0.15) is 33.6 Å². The zero-order chi connectivity index (χ0) is 27.9. The second kappa shape index (κ2) is 9.97. The Morgan fingerprint density at radius 2 is 1.76 bits per heavy atom. The SMILES string of the molecule is C/C=C/C=C/C(O)=C1/C(=O)[C@@]2(C)C(=O)[C@](C)(O)[C@H]1C[C@]2(O[C@@H]1C=C(C(=O)OC)C[C@@H](O)[C@@H]1O)C(=O)OC. The van der Waals surface area contributed by atoms with Crippen molar-refractivity contribution in [1.82, 2.24) is 0 Å². The molecule has 37 heavy (non-hydrogen) atoms. The van der Waals surface area contributed by atoms with Gasteiger partial charge in [-0.15, -0.1) is 0 Å². The smallest absolute Gasteiger partial charge is 0.339 e. The Kier molecular flexibility index (Phi) is 7.67. The maximum Gasteiger partial charge on any atom is 0.339 e. The maximum atomic E-state index is 13.8. The molecule has 7 atom stereocenters. The van der Waals surface area contributed by atoms with Gasteiger partial charge in [-0.25, -0.2) is 9.59 Å². The summed E-state index contributed by atoms with van der Waals surface area (Å²) in [5.74, 6) is -5.83. The van der Waals surface area contributed by atoms with Gasteiger partial charge in [-0.05, 0) is 39.3 Å². The van der Waals surface area contributed by atoms with Crippen LogP contribution in [0.5, 0.6) is 0 Å². The number of hydrogen-bond donors (Lipinski definition) is 4. The minimum absolute atomic E-state index is 0.0477. The largest absolute Gasteiger partial charge is 0.508 e.